The van der Waals surface area contributed by atoms with Crippen molar-refractivity contribution < 1.29 is 14.3 Å². The number of para-hydroxylation sites is 1. The maximum atomic E-state index is 11.9. The average molecular weight is 433 g/mol. The van der Waals surface area contributed by atoms with Crippen molar-refractivity contribution in [1.82, 2.24) is 4.98 Å². The quantitative estimate of drug-likeness (QED) is 0.364. The molecule has 6 N–H and O–H groups in total. The Morgan fingerprint density at radius 1 is 1.39 bits per heavy atom. The lowest BCUT2D eigenvalue weighted by atomic mass is 10.0. The van der Waals surface area contributed by atoms with Gasteiger partial charge >= 0.3 is 0 Å². The van der Waals surface area contributed by atoms with Crippen LogP contribution in [0.5, 0.6) is 0 Å². The Kier molecular flexibility index (Phi) is 4.54. The van der Waals surface area contributed by atoms with Gasteiger partial charge in [-0.1, -0.05) is 18.2 Å². The number of nitrogens with zero attached hydrogens (tertiary/aromatic N) is 2. The standard InChI is InChI=1S/C22H19N5O3S/c23-7-13-16(15-6-10-3-1-2-4-14(10)30-15)17-18(24)19(20(25)29)31-22(17)27-21(13)26-8-11-5-12(11)9-28/h1-4,6,11-12,28H,5,8-9,24H2,(H2,25,29)(H,26,27)/t11-,12+/m0/s1. The van der Waals surface area contributed by atoms with Crippen molar-refractivity contribution in [1.29, 1.82) is 5.26 Å². The summed E-state index contributed by atoms with van der Waals surface area (Å²) in [4.78, 5) is 17.2. The number of aromatic nitrogens is 1. The molecule has 1 amide bonds. The molecule has 0 saturated heterocycles. The number of aliphatic hydroxyl groups excluding tert-OH is 1. The number of nitrogen functional groups attached to an aromatic ring is 1. The van der Waals surface area contributed by atoms with Crippen LogP contribution < -0.4 is 16.8 Å². The number of hydrogen-bond acceptors (Lipinski definition) is 8. The number of benzene rings is 1. The molecular formula is C22H19N5O3S. The van der Waals surface area contributed by atoms with E-state index in [0.29, 0.717) is 45.4 Å². The van der Waals surface area contributed by atoms with E-state index in [1.165, 1.54) is 0 Å². The second-order valence-electron chi connectivity index (χ2n) is 7.68. The summed E-state index contributed by atoms with van der Waals surface area (Å²) in [7, 11) is 0. The molecule has 5 rings (SSSR count). The predicted octanol–water partition coefficient (Wildman–Crippen LogP) is 3.30. The molecule has 2 atom stereocenters. The summed E-state index contributed by atoms with van der Waals surface area (Å²) >= 11 is 1.09. The number of hydrogen-bond donors (Lipinski definition) is 4. The minimum absolute atomic E-state index is 0.150. The number of anilines is 2. The average Bonchev–Trinajstić information content (AvgIpc) is 3.26. The van der Waals surface area contributed by atoms with Gasteiger partial charge in [-0.05, 0) is 30.4 Å². The lowest BCUT2D eigenvalue weighted by Gasteiger charge is -2.11. The molecule has 0 spiro atoms. The fourth-order valence-corrected chi connectivity index (χ4v) is 4.89. The molecule has 0 radical (unpaired) electrons. The van der Waals surface area contributed by atoms with E-state index in [2.05, 4.69) is 16.4 Å². The number of rotatable bonds is 6. The van der Waals surface area contributed by atoms with E-state index in [1.807, 2.05) is 30.3 Å². The zero-order valence-corrected chi connectivity index (χ0v) is 17.2. The molecular weight excluding hydrogens is 414 g/mol. The van der Waals surface area contributed by atoms with E-state index >= 15 is 0 Å². The van der Waals surface area contributed by atoms with Crippen molar-refractivity contribution in [2.75, 3.05) is 24.2 Å². The van der Waals surface area contributed by atoms with E-state index in [4.69, 9.17) is 15.9 Å². The molecule has 0 bridgehead atoms. The smallest absolute Gasteiger partial charge is 0.260 e. The van der Waals surface area contributed by atoms with E-state index < -0.39 is 5.91 Å². The number of thiophene rings is 1. The third kappa shape index (κ3) is 3.17. The Hall–Kier alpha value is -3.61. The van der Waals surface area contributed by atoms with Gasteiger partial charge in [0.1, 0.15) is 38.5 Å². The molecule has 0 aliphatic heterocycles. The number of primary amides is 1. The third-order valence-electron chi connectivity index (χ3n) is 5.72. The van der Waals surface area contributed by atoms with Crippen LogP contribution in [0.25, 0.3) is 32.5 Å². The minimum atomic E-state index is -0.646. The summed E-state index contributed by atoms with van der Waals surface area (Å²) < 4.78 is 6.05. The first-order valence-corrected chi connectivity index (χ1v) is 10.6. The number of carbonyl (C=O) groups is 1. The van der Waals surface area contributed by atoms with Gasteiger partial charge in [0, 0.05) is 23.9 Å². The molecule has 0 unspecified atom stereocenters. The van der Waals surface area contributed by atoms with Gasteiger partial charge in [-0.3, -0.25) is 4.79 Å². The van der Waals surface area contributed by atoms with Gasteiger partial charge in [-0.2, -0.15) is 5.26 Å². The maximum absolute atomic E-state index is 11.9. The van der Waals surface area contributed by atoms with Crippen molar-refractivity contribution in [3.05, 3.63) is 40.8 Å². The summed E-state index contributed by atoms with van der Waals surface area (Å²) in [6.45, 7) is 0.735. The normalized spacial score (nSPS) is 17.7. The van der Waals surface area contributed by atoms with Crippen LogP contribution in [-0.2, 0) is 0 Å². The number of nitrogens with one attached hydrogen (secondary N) is 1. The van der Waals surface area contributed by atoms with Crippen LogP contribution in [0.15, 0.2) is 34.7 Å². The van der Waals surface area contributed by atoms with E-state index in [1.54, 1.807) is 0 Å². The highest BCUT2D eigenvalue weighted by Crippen LogP contribution is 2.45. The zero-order chi connectivity index (χ0) is 21.7. The van der Waals surface area contributed by atoms with Crippen molar-refractivity contribution in [2.24, 2.45) is 17.6 Å². The number of amides is 1. The molecule has 3 aromatic heterocycles. The van der Waals surface area contributed by atoms with Gasteiger partial charge in [0.2, 0.25) is 0 Å². The number of fused-ring (bicyclic) bond motifs is 2. The van der Waals surface area contributed by atoms with Crippen LogP contribution in [-0.4, -0.2) is 29.1 Å². The topological polar surface area (TPSA) is 151 Å². The predicted molar refractivity (Wildman–Crippen MR) is 120 cm³/mol. The summed E-state index contributed by atoms with van der Waals surface area (Å²) in [5, 5.41) is 24.0. The van der Waals surface area contributed by atoms with Gasteiger partial charge in [0.25, 0.3) is 5.91 Å². The molecule has 3 heterocycles. The van der Waals surface area contributed by atoms with Crippen LogP contribution in [0.2, 0.25) is 0 Å². The van der Waals surface area contributed by atoms with Crippen LogP contribution >= 0.6 is 11.3 Å². The molecule has 4 aromatic rings. The summed E-state index contributed by atoms with van der Waals surface area (Å²) in [5.74, 6) is 0.821. The van der Waals surface area contributed by atoms with Crippen LogP contribution in [0.1, 0.15) is 21.7 Å². The highest BCUT2D eigenvalue weighted by atomic mass is 32.1. The molecule has 1 fully saturated rings. The lowest BCUT2D eigenvalue weighted by molar-refractivity contribution is 0.100. The zero-order valence-electron chi connectivity index (χ0n) is 16.4. The van der Waals surface area contributed by atoms with Crippen LogP contribution in [0.4, 0.5) is 11.5 Å². The first-order chi connectivity index (χ1) is 15.0. The lowest BCUT2D eigenvalue weighted by Crippen LogP contribution is -2.11. The highest BCUT2D eigenvalue weighted by molar-refractivity contribution is 7.21. The second-order valence-corrected chi connectivity index (χ2v) is 8.68. The Bertz CT molecular complexity index is 1350. The summed E-state index contributed by atoms with van der Waals surface area (Å²) in [6, 6.07) is 11.6. The maximum Gasteiger partial charge on any atom is 0.260 e. The molecule has 1 saturated carbocycles. The minimum Gasteiger partial charge on any atom is -0.456 e. The monoisotopic (exact) mass is 433 g/mol. The first kappa shape index (κ1) is 19.4. The number of carbonyl (C=O) groups excluding carboxylic acids is 1. The van der Waals surface area contributed by atoms with Gasteiger partial charge in [0.15, 0.2) is 0 Å². The third-order valence-corrected chi connectivity index (χ3v) is 6.83. The number of pyridine rings is 1. The fraction of sp³-hybridized carbons (Fsp3) is 0.227. The van der Waals surface area contributed by atoms with Gasteiger partial charge in [0.05, 0.1) is 11.3 Å². The van der Waals surface area contributed by atoms with Crippen molar-refractivity contribution >= 4 is 49.9 Å². The molecule has 1 aliphatic rings. The molecule has 8 nitrogen and oxygen atoms in total. The summed E-state index contributed by atoms with van der Waals surface area (Å²) in [5.41, 5.74) is 13.4. The second kappa shape index (κ2) is 7.27. The van der Waals surface area contributed by atoms with E-state index in [0.717, 1.165) is 23.1 Å². The molecule has 1 aliphatic carbocycles. The van der Waals surface area contributed by atoms with Crippen LogP contribution in [0.3, 0.4) is 0 Å². The van der Waals surface area contributed by atoms with Crippen molar-refractivity contribution in [2.45, 2.75) is 6.42 Å². The summed E-state index contributed by atoms with van der Waals surface area (Å²) in [6.07, 6.45) is 0.932. The Morgan fingerprint density at radius 3 is 2.87 bits per heavy atom. The SMILES string of the molecule is N#Cc1c(NC[C@@H]2C[C@@H]2CO)nc2sc(C(N)=O)c(N)c2c1-c1cc2ccccc2o1. The molecule has 31 heavy (non-hydrogen) atoms. The van der Waals surface area contributed by atoms with Gasteiger partial charge < -0.3 is 26.3 Å². The van der Waals surface area contributed by atoms with Gasteiger partial charge in [-0.15, -0.1) is 11.3 Å². The molecule has 1 aromatic carbocycles. The Morgan fingerprint density at radius 2 is 2.19 bits per heavy atom. The largest absolute Gasteiger partial charge is 0.456 e. The Labute approximate surface area is 181 Å². The number of nitrogens with two attached hydrogens (primary N) is 2. The van der Waals surface area contributed by atoms with E-state index in [9.17, 15) is 15.2 Å². The van der Waals surface area contributed by atoms with Gasteiger partial charge in [-0.25, -0.2) is 4.98 Å². The van der Waals surface area contributed by atoms with Crippen molar-refractivity contribution in [3.8, 4) is 17.4 Å². The number of nitriles is 1. The number of aliphatic hydroxyl groups is 1. The molecule has 156 valence electrons. The molecule has 9 heteroatoms. The van der Waals surface area contributed by atoms with Crippen LogP contribution in [0, 0.1) is 23.2 Å². The first-order valence-electron chi connectivity index (χ1n) is 9.81. The Balaban J connectivity index is 1.73. The van der Waals surface area contributed by atoms with Crippen molar-refractivity contribution in [3.63, 3.8) is 0 Å². The highest BCUT2D eigenvalue weighted by Gasteiger charge is 2.36. The van der Waals surface area contributed by atoms with E-state index in [-0.39, 0.29) is 28.7 Å². The number of furan rings is 1. The fourth-order valence-electron chi connectivity index (χ4n) is 3.94.